The fourth-order valence-electron chi connectivity index (χ4n) is 2.82. The normalized spacial score (nSPS) is 20.4. The van der Waals surface area contributed by atoms with Crippen molar-refractivity contribution in [2.75, 3.05) is 13.1 Å². The van der Waals surface area contributed by atoms with Gasteiger partial charge in [-0.25, -0.2) is 0 Å². The molecule has 142 valence electrons. The summed E-state index contributed by atoms with van der Waals surface area (Å²) in [6, 6.07) is 0. The number of nitrogens with zero attached hydrogens (tertiary/aromatic N) is 2. The second-order valence-electron chi connectivity index (χ2n) is 6.95. The zero-order chi connectivity index (χ0) is 19.3. The minimum Gasteiger partial charge on any atom is -0.281 e. The van der Waals surface area contributed by atoms with Gasteiger partial charge in [0.15, 0.2) is 0 Å². The maximum absolute atomic E-state index is 4.69. The molecule has 0 aromatic heterocycles. The molecule has 1 unspecified atom stereocenters. The van der Waals surface area contributed by atoms with E-state index in [1.54, 1.807) is 0 Å². The predicted octanol–water partition coefficient (Wildman–Crippen LogP) is 6.38. The Morgan fingerprint density at radius 1 is 0.963 bits per heavy atom. The van der Waals surface area contributed by atoms with E-state index in [0.29, 0.717) is 19.0 Å². The van der Waals surface area contributed by atoms with Gasteiger partial charge in [0.05, 0.1) is 24.5 Å². The molecule has 2 aliphatic carbocycles. The maximum atomic E-state index is 4.69. The lowest BCUT2D eigenvalue weighted by atomic mass is 9.96. The molecule has 0 fully saturated rings. The summed E-state index contributed by atoms with van der Waals surface area (Å²) in [6.45, 7) is 11.8. The summed E-state index contributed by atoms with van der Waals surface area (Å²) in [6.07, 6.45) is 26.9. The zero-order valence-corrected chi connectivity index (χ0v) is 16.6. The zero-order valence-electron chi connectivity index (χ0n) is 16.6. The van der Waals surface area contributed by atoms with Gasteiger partial charge in [0.25, 0.3) is 0 Å². The van der Waals surface area contributed by atoms with Gasteiger partial charge in [-0.1, -0.05) is 62.1 Å². The standard InChI is InChI=1S/C25H32N2/c1-4-5-9-12-21(2)19-26-24-15-17-25(18-16-24)27-20-22(3)23-13-10-7-6-8-11-14-23/h5,9-11,13-18,23H,2-4,6-8,12,19-20H2,1H3/b9-5-,13-10-,14-11?,26-24?,27-25?. The van der Waals surface area contributed by atoms with Crippen LogP contribution in [0.5, 0.6) is 0 Å². The molecular weight excluding hydrogens is 328 g/mol. The number of hydrogen-bond acceptors (Lipinski definition) is 2. The van der Waals surface area contributed by atoms with Gasteiger partial charge >= 0.3 is 0 Å². The average molecular weight is 361 g/mol. The Kier molecular flexibility index (Phi) is 9.26. The van der Waals surface area contributed by atoms with Crippen molar-refractivity contribution in [2.24, 2.45) is 15.9 Å². The molecule has 0 radical (unpaired) electrons. The highest BCUT2D eigenvalue weighted by molar-refractivity contribution is 6.18. The Morgan fingerprint density at radius 3 is 2.15 bits per heavy atom. The lowest BCUT2D eigenvalue weighted by molar-refractivity contribution is 0.821. The third-order valence-electron chi connectivity index (χ3n) is 4.51. The molecule has 0 aliphatic heterocycles. The Balaban J connectivity index is 1.83. The molecule has 0 spiro atoms. The Morgan fingerprint density at radius 2 is 1.56 bits per heavy atom. The van der Waals surface area contributed by atoms with Gasteiger partial charge in [-0.3, -0.25) is 9.98 Å². The van der Waals surface area contributed by atoms with E-state index in [1.807, 2.05) is 24.3 Å². The molecule has 0 bridgehead atoms. The third-order valence-corrected chi connectivity index (χ3v) is 4.51. The van der Waals surface area contributed by atoms with Crippen LogP contribution in [-0.4, -0.2) is 24.5 Å². The Labute approximate surface area is 164 Å². The molecule has 0 saturated heterocycles. The van der Waals surface area contributed by atoms with Crippen LogP contribution >= 0.6 is 0 Å². The van der Waals surface area contributed by atoms with E-state index in [9.17, 15) is 0 Å². The largest absolute Gasteiger partial charge is 0.281 e. The summed E-state index contributed by atoms with van der Waals surface area (Å²) < 4.78 is 0. The van der Waals surface area contributed by atoms with Crippen molar-refractivity contribution in [1.82, 2.24) is 0 Å². The van der Waals surface area contributed by atoms with Crippen LogP contribution in [0.3, 0.4) is 0 Å². The van der Waals surface area contributed by atoms with Gasteiger partial charge in [-0.15, -0.1) is 0 Å². The minimum atomic E-state index is 0.302. The van der Waals surface area contributed by atoms with Crippen molar-refractivity contribution in [2.45, 2.75) is 39.0 Å². The number of aliphatic imine (C=N–C) groups is 2. The first kappa shape index (κ1) is 20.8. The first-order valence-corrected chi connectivity index (χ1v) is 9.96. The van der Waals surface area contributed by atoms with E-state index in [-0.39, 0.29) is 0 Å². The van der Waals surface area contributed by atoms with Crippen molar-refractivity contribution in [1.29, 1.82) is 0 Å². The first-order chi connectivity index (χ1) is 13.2. The predicted molar refractivity (Wildman–Crippen MR) is 121 cm³/mol. The van der Waals surface area contributed by atoms with Gasteiger partial charge in [-0.05, 0) is 62.0 Å². The second kappa shape index (κ2) is 12.0. The molecule has 2 nitrogen and oxygen atoms in total. The van der Waals surface area contributed by atoms with Crippen LogP contribution in [0.2, 0.25) is 0 Å². The van der Waals surface area contributed by atoms with Gasteiger partial charge in [0.1, 0.15) is 0 Å². The highest BCUT2D eigenvalue weighted by atomic mass is 14.7. The highest BCUT2D eigenvalue weighted by Gasteiger charge is 2.07. The summed E-state index contributed by atoms with van der Waals surface area (Å²) in [5.74, 6) is 0.302. The number of allylic oxidation sites excluding steroid dienone is 10. The molecule has 0 amide bonds. The van der Waals surface area contributed by atoms with Crippen LogP contribution < -0.4 is 0 Å². The first-order valence-electron chi connectivity index (χ1n) is 9.96. The second-order valence-corrected chi connectivity index (χ2v) is 6.95. The summed E-state index contributed by atoms with van der Waals surface area (Å²) in [4.78, 5) is 9.29. The van der Waals surface area contributed by atoms with Crippen molar-refractivity contribution >= 4 is 11.4 Å². The van der Waals surface area contributed by atoms with Crippen molar-refractivity contribution in [3.05, 3.63) is 85.1 Å². The van der Waals surface area contributed by atoms with Crippen LogP contribution in [0.15, 0.2) is 95.0 Å². The maximum Gasteiger partial charge on any atom is 0.0613 e. The molecule has 0 heterocycles. The van der Waals surface area contributed by atoms with E-state index in [0.717, 1.165) is 48.3 Å². The Hall–Kier alpha value is -2.48. The summed E-state index contributed by atoms with van der Waals surface area (Å²) in [5, 5.41) is 0. The van der Waals surface area contributed by atoms with Gasteiger partial charge in [0.2, 0.25) is 0 Å². The smallest absolute Gasteiger partial charge is 0.0613 e. The summed E-state index contributed by atoms with van der Waals surface area (Å²) in [5.41, 5.74) is 4.21. The average Bonchev–Trinajstić information content (AvgIpc) is 2.65. The van der Waals surface area contributed by atoms with Crippen LogP contribution in [0.1, 0.15) is 39.0 Å². The van der Waals surface area contributed by atoms with Crippen LogP contribution in [0, 0.1) is 5.92 Å². The molecule has 0 N–H and O–H groups in total. The van der Waals surface area contributed by atoms with Crippen LogP contribution in [0.4, 0.5) is 0 Å². The molecule has 0 aromatic carbocycles. The number of rotatable bonds is 8. The van der Waals surface area contributed by atoms with Crippen LogP contribution in [-0.2, 0) is 0 Å². The van der Waals surface area contributed by atoms with E-state index in [1.165, 1.54) is 6.42 Å². The fraction of sp³-hybridized carbons (Fsp3) is 0.360. The van der Waals surface area contributed by atoms with E-state index >= 15 is 0 Å². The van der Waals surface area contributed by atoms with Gasteiger partial charge in [-0.2, -0.15) is 0 Å². The molecule has 2 rings (SSSR count). The lowest BCUT2D eigenvalue weighted by Crippen LogP contribution is -2.05. The summed E-state index contributed by atoms with van der Waals surface area (Å²) in [7, 11) is 0. The van der Waals surface area contributed by atoms with Gasteiger partial charge in [0, 0.05) is 5.92 Å². The van der Waals surface area contributed by atoms with Crippen molar-refractivity contribution < 1.29 is 0 Å². The topological polar surface area (TPSA) is 24.7 Å². The third kappa shape index (κ3) is 8.17. The molecule has 2 aliphatic rings. The lowest BCUT2D eigenvalue weighted by Gasteiger charge is -2.12. The van der Waals surface area contributed by atoms with E-state index in [4.69, 9.17) is 0 Å². The SMILES string of the molecule is C=C(C/C=C\CC)CN=C1C=CC(=NCC(=C)C2C=CCCC/C=C\2)C=C1. The van der Waals surface area contributed by atoms with Crippen LogP contribution in [0.25, 0.3) is 0 Å². The Bertz CT molecular complexity index is 691. The number of hydrogen-bond donors (Lipinski definition) is 0. The molecule has 0 aromatic rings. The molecule has 27 heavy (non-hydrogen) atoms. The molecule has 1 atom stereocenters. The molecular formula is C25H32N2. The quantitative estimate of drug-likeness (QED) is 0.355. The van der Waals surface area contributed by atoms with Crippen molar-refractivity contribution in [3.8, 4) is 0 Å². The van der Waals surface area contributed by atoms with Crippen molar-refractivity contribution in [3.63, 3.8) is 0 Å². The van der Waals surface area contributed by atoms with E-state index in [2.05, 4.69) is 66.5 Å². The highest BCUT2D eigenvalue weighted by Crippen LogP contribution is 2.17. The summed E-state index contributed by atoms with van der Waals surface area (Å²) >= 11 is 0. The molecule has 0 saturated carbocycles. The minimum absolute atomic E-state index is 0.302. The fourth-order valence-corrected chi connectivity index (χ4v) is 2.82. The van der Waals surface area contributed by atoms with Gasteiger partial charge < -0.3 is 0 Å². The van der Waals surface area contributed by atoms with E-state index < -0.39 is 0 Å². The molecule has 2 heteroatoms. The monoisotopic (exact) mass is 360 g/mol.